The molecule has 2 aromatic rings. The Balaban J connectivity index is 1.63. The summed E-state index contributed by atoms with van der Waals surface area (Å²) in [6.07, 6.45) is 3.92. The third-order valence-corrected chi connectivity index (χ3v) is 6.77. The smallest absolute Gasteiger partial charge is 0.254 e. The average Bonchev–Trinajstić information content (AvgIpc) is 3.31. The van der Waals surface area contributed by atoms with Crippen LogP contribution in [0.2, 0.25) is 0 Å². The molecule has 1 amide bonds. The highest BCUT2D eigenvalue weighted by atomic mass is 16.5. The van der Waals surface area contributed by atoms with Crippen molar-refractivity contribution < 1.29 is 14.6 Å². The molecule has 0 unspecified atom stereocenters. The summed E-state index contributed by atoms with van der Waals surface area (Å²) in [4.78, 5) is 15.2. The molecule has 1 N–H and O–H groups in total. The molecule has 0 radical (unpaired) electrons. The van der Waals surface area contributed by atoms with Crippen LogP contribution in [0.1, 0.15) is 57.4 Å². The van der Waals surface area contributed by atoms with E-state index in [-0.39, 0.29) is 24.5 Å². The number of nitrogens with zero attached hydrogens (tertiary/aromatic N) is 1. The second-order valence-electron chi connectivity index (χ2n) is 8.21. The van der Waals surface area contributed by atoms with E-state index < -0.39 is 0 Å². The van der Waals surface area contributed by atoms with E-state index in [9.17, 15) is 9.90 Å². The van der Waals surface area contributed by atoms with Gasteiger partial charge in [-0.25, -0.2) is 0 Å². The van der Waals surface area contributed by atoms with E-state index in [2.05, 4.69) is 32.0 Å². The third-order valence-electron chi connectivity index (χ3n) is 6.77. The Morgan fingerprint density at radius 3 is 2.57 bits per heavy atom. The van der Waals surface area contributed by atoms with E-state index in [1.165, 1.54) is 27.8 Å². The molecule has 4 nitrogen and oxygen atoms in total. The van der Waals surface area contributed by atoms with Crippen LogP contribution >= 0.6 is 0 Å². The Morgan fingerprint density at radius 1 is 1.14 bits per heavy atom. The Kier molecular flexibility index (Phi) is 5.15. The summed E-state index contributed by atoms with van der Waals surface area (Å²) in [5.41, 5.74) is 6.95. The number of methoxy groups -OCH3 is 1. The molecule has 2 aliphatic rings. The van der Waals surface area contributed by atoms with Crippen molar-refractivity contribution in [3.63, 3.8) is 0 Å². The van der Waals surface area contributed by atoms with Crippen molar-refractivity contribution in [1.29, 1.82) is 0 Å². The zero-order valence-electron chi connectivity index (χ0n) is 17.0. The molecule has 1 aliphatic carbocycles. The molecule has 0 aromatic heterocycles. The van der Waals surface area contributed by atoms with E-state index in [1.54, 1.807) is 7.11 Å². The first kappa shape index (κ1) is 19.0. The van der Waals surface area contributed by atoms with Crippen LogP contribution in [0.3, 0.4) is 0 Å². The largest absolute Gasteiger partial charge is 0.497 e. The first-order valence-electron chi connectivity index (χ1n) is 10.2. The lowest BCUT2D eigenvalue weighted by atomic mass is 9.91. The predicted octanol–water partition coefficient (Wildman–Crippen LogP) is 4.02. The SMILES string of the molecule is COc1ccc(Cc2cc3c(c(C)c2C)CN([C@H]2CCC[C@@H]2CO)C3=O)cc1. The molecule has 1 saturated carbocycles. The number of ether oxygens (including phenoxy) is 1. The van der Waals surface area contributed by atoms with Crippen LogP contribution in [0.15, 0.2) is 30.3 Å². The summed E-state index contributed by atoms with van der Waals surface area (Å²) >= 11 is 0. The van der Waals surface area contributed by atoms with Gasteiger partial charge in [-0.1, -0.05) is 18.6 Å². The molecule has 2 aromatic carbocycles. The predicted molar refractivity (Wildman–Crippen MR) is 110 cm³/mol. The Hall–Kier alpha value is -2.33. The summed E-state index contributed by atoms with van der Waals surface area (Å²) in [6.45, 7) is 5.16. The fourth-order valence-electron chi connectivity index (χ4n) is 4.89. The van der Waals surface area contributed by atoms with Gasteiger partial charge in [-0.2, -0.15) is 0 Å². The van der Waals surface area contributed by atoms with Crippen LogP contribution < -0.4 is 4.74 Å². The molecule has 4 heteroatoms. The Morgan fingerprint density at radius 2 is 1.89 bits per heavy atom. The van der Waals surface area contributed by atoms with Gasteiger partial charge in [0.2, 0.25) is 0 Å². The Labute approximate surface area is 167 Å². The van der Waals surface area contributed by atoms with Crippen molar-refractivity contribution in [2.24, 2.45) is 5.92 Å². The second-order valence-corrected chi connectivity index (χ2v) is 8.21. The zero-order valence-corrected chi connectivity index (χ0v) is 17.0. The van der Waals surface area contributed by atoms with Gasteiger partial charge in [-0.05, 0) is 79.1 Å². The van der Waals surface area contributed by atoms with Crippen molar-refractivity contribution in [1.82, 2.24) is 4.90 Å². The van der Waals surface area contributed by atoms with Crippen LogP contribution in [0, 0.1) is 19.8 Å². The van der Waals surface area contributed by atoms with Gasteiger partial charge >= 0.3 is 0 Å². The zero-order chi connectivity index (χ0) is 19.8. The lowest BCUT2D eigenvalue weighted by Crippen LogP contribution is -2.39. The highest BCUT2D eigenvalue weighted by molar-refractivity contribution is 5.99. The standard InChI is InChI=1S/C24H29NO3/c1-15-16(2)22-13-25(23-6-4-5-18(23)14-26)24(27)21(22)12-19(15)11-17-7-9-20(28-3)10-8-17/h7-10,12,18,23,26H,4-6,11,13-14H2,1-3H3/t18-,23+/m1/s1. The van der Waals surface area contributed by atoms with Crippen LogP contribution in [-0.4, -0.2) is 35.7 Å². The average molecular weight is 380 g/mol. The minimum atomic E-state index is 0.138. The lowest BCUT2D eigenvalue weighted by molar-refractivity contribution is 0.0612. The van der Waals surface area contributed by atoms with E-state index in [0.29, 0.717) is 6.54 Å². The summed E-state index contributed by atoms with van der Waals surface area (Å²) in [6, 6.07) is 10.4. The van der Waals surface area contributed by atoms with Crippen molar-refractivity contribution >= 4 is 5.91 Å². The summed E-state index contributed by atoms with van der Waals surface area (Å²) in [5.74, 6) is 1.21. The molecular weight excluding hydrogens is 350 g/mol. The molecule has 0 spiro atoms. The van der Waals surface area contributed by atoms with E-state index in [1.807, 2.05) is 17.0 Å². The Bertz CT molecular complexity index is 888. The molecule has 1 heterocycles. The molecule has 4 rings (SSSR count). The normalized spacial score (nSPS) is 21.3. The number of aliphatic hydroxyl groups is 1. The fraction of sp³-hybridized carbons (Fsp3) is 0.458. The fourth-order valence-corrected chi connectivity index (χ4v) is 4.89. The van der Waals surface area contributed by atoms with Crippen molar-refractivity contribution in [3.8, 4) is 5.75 Å². The molecule has 148 valence electrons. The number of carbonyl (C=O) groups is 1. The number of fused-ring (bicyclic) bond motifs is 1. The summed E-state index contributed by atoms with van der Waals surface area (Å²) < 4.78 is 5.25. The monoisotopic (exact) mass is 379 g/mol. The maximum absolute atomic E-state index is 13.2. The highest BCUT2D eigenvalue weighted by Gasteiger charge is 2.39. The number of aliphatic hydroxyl groups excluding tert-OH is 1. The minimum absolute atomic E-state index is 0.138. The first-order chi connectivity index (χ1) is 13.5. The van der Waals surface area contributed by atoms with E-state index >= 15 is 0 Å². The van der Waals surface area contributed by atoms with E-state index in [4.69, 9.17) is 4.74 Å². The number of carbonyl (C=O) groups excluding carboxylic acids is 1. The van der Waals surface area contributed by atoms with Gasteiger partial charge in [-0.15, -0.1) is 0 Å². The van der Waals surface area contributed by atoms with Gasteiger partial charge in [-0.3, -0.25) is 4.79 Å². The van der Waals surface area contributed by atoms with Crippen LogP contribution in [0.4, 0.5) is 0 Å². The molecule has 2 atom stereocenters. The number of hydrogen-bond acceptors (Lipinski definition) is 3. The number of rotatable bonds is 5. The van der Waals surface area contributed by atoms with Crippen LogP contribution in [0.5, 0.6) is 5.75 Å². The maximum Gasteiger partial charge on any atom is 0.254 e. The van der Waals surface area contributed by atoms with Gasteiger partial charge < -0.3 is 14.7 Å². The van der Waals surface area contributed by atoms with Gasteiger partial charge in [0.05, 0.1) is 7.11 Å². The summed E-state index contributed by atoms with van der Waals surface area (Å²) in [7, 11) is 1.67. The van der Waals surface area contributed by atoms with Gasteiger partial charge in [0, 0.05) is 30.7 Å². The maximum atomic E-state index is 13.2. The third kappa shape index (κ3) is 3.20. The molecule has 28 heavy (non-hydrogen) atoms. The van der Waals surface area contributed by atoms with Gasteiger partial charge in [0.1, 0.15) is 5.75 Å². The van der Waals surface area contributed by atoms with Crippen molar-refractivity contribution in [2.45, 2.75) is 52.1 Å². The summed E-state index contributed by atoms with van der Waals surface area (Å²) in [5, 5.41) is 9.70. The second kappa shape index (κ2) is 7.59. The first-order valence-corrected chi connectivity index (χ1v) is 10.2. The van der Waals surface area contributed by atoms with Crippen molar-refractivity contribution in [2.75, 3.05) is 13.7 Å². The van der Waals surface area contributed by atoms with Gasteiger partial charge in [0.15, 0.2) is 0 Å². The topological polar surface area (TPSA) is 49.8 Å². The highest BCUT2D eigenvalue weighted by Crippen LogP contribution is 2.37. The quantitative estimate of drug-likeness (QED) is 0.854. The van der Waals surface area contributed by atoms with E-state index in [0.717, 1.165) is 37.0 Å². The molecular formula is C24H29NO3. The molecule has 0 saturated heterocycles. The molecule has 0 bridgehead atoms. The number of hydrogen-bond donors (Lipinski definition) is 1. The minimum Gasteiger partial charge on any atom is -0.497 e. The molecule has 1 aliphatic heterocycles. The lowest BCUT2D eigenvalue weighted by Gasteiger charge is -2.28. The van der Waals surface area contributed by atoms with Crippen molar-refractivity contribution in [3.05, 3.63) is 63.7 Å². The van der Waals surface area contributed by atoms with Crippen LogP contribution in [-0.2, 0) is 13.0 Å². The van der Waals surface area contributed by atoms with Gasteiger partial charge in [0.25, 0.3) is 5.91 Å². The molecule has 1 fully saturated rings. The number of amides is 1. The van der Waals surface area contributed by atoms with Crippen LogP contribution in [0.25, 0.3) is 0 Å². The number of benzene rings is 2.